The Morgan fingerprint density at radius 2 is 1.95 bits per heavy atom. The van der Waals surface area contributed by atoms with Gasteiger partial charge in [-0.3, -0.25) is 9.36 Å². The molecule has 2 fully saturated rings. The molecule has 1 unspecified atom stereocenters. The molecule has 0 bridgehead atoms. The standard InChI is InChI=1S/C25H29F2N7O5/c1-37-25(36)28-14-20(35)29-15-6-7-16(12-15)39-21-13-19(31-24(32-21)33-8-10-38-11-9-33)34-18-5-3-2-4-17(18)30-23(34)22(26)27/h2-5,13,15-16,22H,6-12,14H2,1H3,(H,28,36)(H,29,35)/t15-,16?/m0/s1. The number of nitrogens with one attached hydrogen (secondary N) is 2. The summed E-state index contributed by atoms with van der Waals surface area (Å²) in [6.07, 6.45) is -1.93. The molecule has 39 heavy (non-hydrogen) atoms. The maximum atomic E-state index is 14.1. The van der Waals surface area contributed by atoms with E-state index < -0.39 is 18.3 Å². The van der Waals surface area contributed by atoms with Gasteiger partial charge >= 0.3 is 6.09 Å². The summed E-state index contributed by atoms with van der Waals surface area (Å²) in [6, 6.07) is 8.27. The van der Waals surface area contributed by atoms with Crippen molar-refractivity contribution >= 4 is 29.0 Å². The Morgan fingerprint density at radius 1 is 1.15 bits per heavy atom. The number of imidazole rings is 1. The molecule has 1 aliphatic carbocycles. The number of morpholine rings is 1. The first-order chi connectivity index (χ1) is 18.9. The number of methoxy groups -OCH3 is 1. The smallest absolute Gasteiger partial charge is 0.407 e. The van der Waals surface area contributed by atoms with Gasteiger partial charge in [0.05, 0.1) is 31.4 Å². The van der Waals surface area contributed by atoms with Gasteiger partial charge in [-0.25, -0.2) is 18.6 Å². The number of amides is 2. The zero-order chi connectivity index (χ0) is 27.4. The monoisotopic (exact) mass is 545 g/mol. The van der Waals surface area contributed by atoms with Crippen LogP contribution in [0.1, 0.15) is 31.5 Å². The Kier molecular flexibility index (Phi) is 8.00. The van der Waals surface area contributed by atoms with Gasteiger partial charge in [0.1, 0.15) is 18.5 Å². The molecule has 0 spiro atoms. The second kappa shape index (κ2) is 11.8. The molecule has 0 radical (unpaired) electrons. The Morgan fingerprint density at radius 3 is 2.72 bits per heavy atom. The lowest BCUT2D eigenvalue weighted by molar-refractivity contribution is -0.120. The van der Waals surface area contributed by atoms with Crippen molar-refractivity contribution in [1.82, 2.24) is 30.2 Å². The lowest BCUT2D eigenvalue weighted by Crippen LogP contribution is -2.41. The number of fused-ring (bicyclic) bond motifs is 1. The van der Waals surface area contributed by atoms with E-state index in [1.165, 1.54) is 17.7 Å². The van der Waals surface area contributed by atoms with Crippen molar-refractivity contribution in [3.63, 3.8) is 0 Å². The number of rotatable bonds is 8. The summed E-state index contributed by atoms with van der Waals surface area (Å²) in [6.45, 7) is 1.89. The molecule has 1 aromatic carbocycles. The predicted molar refractivity (Wildman–Crippen MR) is 135 cm³/mol. The quantitative estimate of drug-likeness (QED) is 0.438. The molecule has 3 heterocycles. The second-order valence-electron chi connectivity index (χ2n) is 9.22. The molecule has 208 valence electrons. The van der Waals surface area contributed by atoms with Gasteiger partial charge in [-0.15, -0.1) is 0 Å². The van der Waals surface area contributed by atoms with Crippen molar-refractivity contribution in [3.05, 3.63) is 36.2 Å². The zero-order valence-corrected chi connectivity index (χ0v) is 21.3. The Balaban J connectivity index is 1.39. The maximum Gasteiger partial charge on any atom is 0.407 e. The number of alkyl halides is 2. The minimum Gasteiger partial charge on any atom is -0.474 e. The predicted octanol–water partition coefficient (Wildman–Crippen LogP) is 2.36. The third-order valence-corrected chi connectivity index (χ3v) is 6.60. The van der Waals surface area contributed by atoms with Gasteiger partial charge in [0.25, 0.3) is 6.43 Å². The molecule has 2 aromatic heterocycles. The number of aromatic nitrogens is 4. The van der Waals surface area contributed by atoms with Crippen LogP contribution in [0.4, 0.5) is 19.5 Å². The third-order valence-electron chi connectivity index (χ3n) is 6.60. The highest BCUT2D eigenvalue weighted by Crippen LogP contribution is 2.31. The second-order valence-corrected chi connectivity index (χ2v) is 9.22. The number of para-hydroxylation sites is 2. The van der Waals surface area contributed by atoms with Gasteiger partial charge in [-0.2, -0.15) is 9.97 Å². The number of anilines is 1. The number of carbonyl (C=O) groups is 2. The molecule has 5 rings (SSSR count). The Bertz CT molecular complexity index is 1330. The van der Waals surface area contributed by atoms with Crippen molar-refractivity contribution in [1.29, 1.82) is 0 Å². The molecule has 1 saturated heterocycles. The molecule has 1 saturated carbocycles. The molecule has 12 nitrogen and oxygen atoms in total. The summed E-state index contributed by atoms with van der Waals surface area (Å²) in [5.41, 5.74) is 0.924. The number of alkyl carbamates (subject to hydrolysis) is 1. The van der Waals surface area contributed by atoms with E-state index in [0.717, 1.165) is 0 Å². The first kappa shape index (κ1) is 26.5. The summed E-state index contributed by atoms with van der Waals surface area (Å²) < 4.78 is 45.6. The van der Waals surface area contributed by atoms with Crippen LogP contribution in [0.3, 0.4) is 0 Å². The number of halogens is 2. The van der Waals surface area contributed by atoms with Crippen molar-refractivity contribution in [2.24, 2.45) is 0 Å². The number of benzene rings is 1. The number of hydrogen-bond donors (Lipinski definition) is 2. The molecule has 14 heteroatoms. The number of nitrogens with zero attached hydrogens (tertiary/aromatic N) is 5. The summed E-state index contributed by atoms with van der Waals surface area (Å²) in [5, 5.41) is 5.21. The van der Waals surface area contributed by atoms with Crippen LogP contribution in [0.15, 0.2) is 30.3 Å². The third kappa shape index (κ3) is 6.16. The van der Waals surface area contributed by atoms with E-state index in [-0.39, 0.29) is 36.3 Å². The van der Waals surface area contributed by atoms with Crippen LogP contribution < -0.4 is 20.3 Å². The van der Waals surface area contributed by atoms with Crippen LogP contribution in [0, 0.1) is 0 Å². The van der Waals surface area contributed by atoms with Gasteiger partial charge < -0.3 is 29.7 Å². The van der Waals surface area contributed by atoms with Gasteiger partial charge in [0.2, 0.25) is 17.7 Å². The molecule has 2 atom stereocenters. The fraction of sp³-hybridized carbons (Fsp3) is 0.480. The molecular weight excluding hydrogens is 516 g/mol. The van der Waals surface area contributed by atoms with Crippen LogP contribution in [0.5, 0.6) is 5.88 Å². The van der Waals surface area contributed by atoms with Gasteiger partial charge in [0.15, 0.2) is 5.82 Å². The molecule has 1 aliphatic heterocycles. The lowest BCUT2D eigenvalue weighted by atomic mass is 10.2. The van der Waals surface area contributed by atoms with Crippen LogP contribution >= 0.6 is 0 Å². The van der Waals surface area contributed by atoms with E-state index in [2.05, 4.69) is 30.3 Å². The molecule has 2 aliphatic rings. The van der Waals surface area contributed by atoms with Crippen molar-refractivity contribution in [2.45, 2.75) is 37.8 Å². The van der Waals surface area contributed by atoms with Crippen LogP contribution in [0.25, 0.3) is 16.9 Å². The minimum atomic E-state index is -2.82. The van der Waals surface area contributed by atoms with Crippen molar-refractivity contribution in [2.75, 3.05) is 44.9 Å². The fourth-order valence-corrected chi connectivity index (χ4v) is 4.76. The van der Waals surface area contributed by atoms with Gasteiger partial charge in [-0.1, -0.05) is 12.1 Å². The highest BCUT2D eigenvalue weighted by molar-refractivity contribution is 5.82. The van der Waals surface area contributed by atoms with E-state index in [4.69, 9.17) is 9.47 Å². The van der Waals surface area contributed by atoms with E-state index in [1.807, 2.05) is 4.90 Å². The normalized spacial score (nSPS) is 19.3. The first-order valence-electron chi connectivity index (χ1n) is 12.7. The highest BCUT2D eigenvalue weighted by atomic mass is 19.3. The minimum absolute atomic E-state index is 0.148. The first-order valence-corrected chi connectivity index (χ1v) is 12.7. The lowest BCUT2D eigenvalue weighted by Gasteiger charge is -2.27. The van der Waals surface area contributed by atoms with E-state index in [0.29, 0.717) is 62.5 Å². The van der Waals surface area contributed by atoms with Crippen LogP contribution in [0.2, 0.25) is 0 Å². The number of hydrogen-bond acceptors (Lipinski definition) is 9. The van der Waals surface area contributed by atoms with E-state index in [9.17, 15) is 18.4 Å². The SMILES string of the molecule is COC(=O)NCC(=O)N[C@H]1CCC(Oc2cc(-n3c(C(F)F)nc4ccccc43)nc(N3CCOCC3)n2)C1. The van der Waals surface area contributed by atoms with E-state index >= 15 is 0 Å². The molecule has 2 N–H and O–H groups in total. The van der Waals surface area contributed by atoms with Crippen molar-refractivity contribution < 1.29 is 32.6 Å². The Hall–Kier alpha value is -4.07. The summed E-state index contributed by atoms with van der Waals surface area (Å²) in [5.74, 6) is 0.0565. The largest absolute Gasteiger partial charge is 0.474 e. The fourth-order valence-electron chi connectivity index (χ4n) is 4.76. The summed E-state index contributed by atoms with van der Waals surface area (Å²) in [7, 11) is 1.22. The molecule has 2 amide bonds. The van der Waals surface area contributed by atoms with Crippen molar-refractivity contribution in [3.8, 4) is 11.7 Å². The van der Waals surface area contributed by atoms with E-state index in [1.54, 1.807) is 24.3 Å². The van der Waals surface area contributed by atoms with Crippen LogP contribution in [-0.4, -0.2) is 83.6 Å². The number of ether oxygens (including phenoxy) is 3. The Labute approximate surface area is 222 Å². The highest BCUT2D eigenvalue weighted by Gasteiger charge is 2.29. The van der Waals surface area contributed by atoms with Gasteiger partial charge in [0, 0.05) is 31.6 Å². The average molecular weight is 546 g/mol. The molecule has 3 aromatic rings. The number of carbonyl (C=O) groups excluding carboxylic acids is 2. The van der Waals surface area contributed by atoms with Crippen LogP contribution in [-0.2, 0) is 14.3 Å². The van der Waals surface area contributed by atoms with Gasteiger partial charge in [-0.05, 0) is 25.0 Å². The zero-order valence-electron chi connectivity index (χ0n) is 21.3. The summed E-state index contributed by atoms with van der Waals surface area (Å²) >= 11 is 0. The molecular formula is C25H29F2N7O5. The maximum absolute atomic E-state index is 14.1. The average Bonchev–Trinajstić information content (AvgIpc) is 3.56. The summed E-state index contributed by atoms with van der Waals surface area (Å²) in [4.78, 5) is 38.6. The topological polar surface area (TPSA) is 133 Å².